The Bertz CT molecular complexity index is 726. The van der Waals surface area contributed by atoms with Crippen molar-refractivity contribution in [1.82, 2.24) is 20.1 Å². The molecule has 0 spiro atoms. The van der Waals surface area contributed by atoms with E-state index in [1.807, 2.05) is 17.2 Å². The van der Waals surface area contributed by atoms with E-state index in [0.29, 0.717) is 36.1 Å². The van der Waals surface area contributed by atoms with E-state index in [9.17, 15) is 4.79 Å². The largest absolute Gasteiger partial charge is 0.485 e. The molecule has 1 saturated heterocycles. The number of carbonyl (C=O) groups is 1. The van der Waals surface area contributed by atoms with Crippen molar-refractivity contribution in [2.24, 2.45) is 0 Å². The van der Waals surface area contributed by atoms with Crippen LogP contribution < -0.4 is 9.47 Å². The summed E-state index contributed by atoms with van der Waals surface area (Å²) in [7, 11) is 0. The SMILES string of the molecule is Cc1nc([C@H]2CCCN(C(=O)c3scc4c3OCCO4)C2)n[nH]1. The van der Waals surface area contributed by atoms with Gasteiger partial charge < -0.3 is 14.4 Å². The van der Waals surface area contributed by atoms with Crippen LogP contribution in [0, 0.1) is 6.92 Å². The summed E-state index contributed by atoms with van der Waals surface area (Å²) in [6, 6.07) is 0. The van der Waals surface area contributed by atoms with Gasteiger partial charge >= 0.3 is 0 Å². The molecule has 1 N–H and O–H groups in total. The zero-order chi connectivity index (χ0) is 15.8. The van der Waals surface area contributed by atoms with Crippen molar-refractivity contribution < 1.29 is 14.3 Å². The topological polar surface area (TPSA) is 80.3 Å². The first-order valence-electron chi connectivity index (χ1n) is 7.77. The van der Waals surface area contributed by atoms with E-state index >= 15 is 0 Å². The second-order valence-corrected chi connectivity index (χ2v) is 6.70. The van der Waals surface area contributed by atoms with Gasteiger partial charge in [0.1, 0.15) is 23.9 Å². The lowest BCUT2D eigenvalue weighted by atomic mass is 9.97. The predicted octanol–water partition coefficient (Wildman–Crippen LogP) is 1.97. The Hall–Kier alpha value is -2.09. The van der Waals surface area contributed by atoms with Crippen molar-refractivity contribution in [3.05, 3.63) is 21.9 Å². The van der Waals surface area contributed by atoms with Crippen molar-refractivity contribution in [2.45, 2.75) is 25.7 Å². The molecule has 0 radical (unpaired) electrons. The molecule has 4 rings (SSSR count). The number of nitrogens with zero attached hydrogens (tertiary/aromatic N) is 3. The highest BCUT2D eigenvalue weighted by Gasteiger charge is 2.31. The van der Waals surface area contributed by atoms with Crippen LogP contribution in [-0.2, 0) is 0 Å². The number of carbonyl (C=O) groups excluding carboxylic acids is 1. The molecule has 0 saturated carbocycles. The summed E-state index contributed by atoms with van der Waals surface area (Å²) < 4.78 is 11.2. The van der Waals surface area contributed by atoms with E-state index in [1.54, 1.807) is 0 Å². The number of aryl methyl sites for hydroxylation is 1. The molecule has 1 atom stereocenters. The number of thiophene rings is 1. The Morgan fingerprint density at radius 3 is 3.13 bits per heavy atom. The number of fused-ring (bicyclic) bond motifs is 1. The number of H-pyrrole nitrogens is 1. The maximum Gasteiger partial charge on any atom is 0.267 e. The number of piperidine rings is 1. The van der Waals surface area contributed by atoms with E-state index in [-0.39, 0.29) is 11.8 Å². The number of nitrogens with one attached hydrogen (secondary N) is 1. The number of aromatic nitrogens is 3. The lowest BCUT2D eigenvalue weighted by Gasteiger charge is -2.31. The predicted molar refractivity (Wildman–Crippen MR) is 84.3 cm³/mol. The van der Waals surface area contributed by atoms with Gasteiger partial charge in [0.15, 0.2) is 17.3 Å². The highest BCUT2D eigenvalue weighted by atomic mass is 32.1. The lowest BCUT2D eigenvalue weighted by Crippen LogP contribution is -2.39. The number of hydrogen-bond donors (Lipinski definition) is 1. The van der Waals surface area contributed by atoms with Crippen molar-refractivity contribution in [3.63, 3.8) is 0 Å². The monoisotopic (exact) mass is 334 g/mol. The van der Waals surface area contributed by atoms with Crippen LogP contribution in [0.2, 0.25) is 0 Å². The average Bonchev–Trinajstić information content (AvgIpc) is 3.20. The Labute approximate surface area is 137 Å². The van der Waals surface area contributed by atoms with Crippen molar-refractivity contribution in [2.75, 3.05) is 26.3 Å². The fourth-order valence-electron chi connectivity index (χ4n) is 3.07. The van der Waals surface area contributed by atoms with Crippen LogP contribution in [0.5, 0.6) is 11.5 Å². The Morgan fingerprint density at radius 1 is 1.43 bits per heavy atom. The zero-order valence-corrected chi connectivity index (χ0v) is 13.7. The molecule has 2 aromatic rings. The molecule has 1 fully saturated rings. The first-order chi connectivity index (χ1) is 11.2. The third-order valence-electron chi connectivity index (χ3n) is 4.18. The second-order valence-electron chi connectivity index (χ2n) is 5.82. The van der Waals surface area contributed by atoms with Gasteiger partial charge in [0, 0.05) is 24.4 Å². The van der Waals surface area contributed by atoms with E-state index in [2.05, 4.69) is 15.2 Å². The summed E-state index contributed by atoms with van der Waals surface area (Å²) in [4.78, 5) is 19.8. The molecule has 7 nitrogen and oxygen atoms in total. The molecule has 0 aromatic carbocycles. The van der Waals surface area contributed by atoms with Gasteiger partial charge in [-0.1, -0.05) is 0 Å². The first kappa shape index (κ1) is 14.5. The highest BCUT2D eigenvalue weighted by Crippen LogP contribution is 2.40. The molecule has 8 heteroatoms. The molecule has 4 heterocycles. The van der Waals surface area contributed by atoms with Gasteiger partial charge in [0.2, 0.25) is 0 Å². The number of aromatic amines is 1. The Morgan fingerprint density at radius 2 is 2.30 bits per heavy atom. The average molecular weight is 334 g/mol. The van der Waals surface area contributed by atoms with Gasteiger partial charge in [0.05, 0.1) is 0 Å². The normalized spacial score (nSPS) is 20.6. The fourth-order valence-corrected chi connectivity index (χ4v) is 3.97. The van der Waals surface area contributed by atoms with Crippen LogP contribution in [0.3, 0.4) is 0 Å². The van der Waals surface area contributed by atoms with Crippen molar-refractivity contribution in [3.8, 4) is 11.5 Å². The molecule has 2 aliphatic heterocycles. The standard InChI is InChI=1S/C15H18N4O3S/c1-9-16-14(18-17-9)10-3-2-4-19(7-10)15(20)13-12-11(8-23-13)21-5-6-22-12/h8,10H,2-7H2,1H3,(H,16,17,18)/t10-/m0/s1. The molecule has 23 heavy (non-hydrogen) atoms. The summed E-state index contributed by atoms with van der Waals surface area (Å²) in [6.45, 7) is 4.31. The summed E-state index contributed by atoms with van der Waals surface area (Å²) >= 11 is 1.39. The number of amides is 1. The maximum absolute atomic E-state index is 12.9. The number of hydrogen-bond acceptors (Lipinski definition) is 6. The summed E-state index contributed by atoms with van der Waals surface area (Å²) in [5, 5.41) is 8.98. The van der Waals surface area contributed by atoms with Gasteiger partial charge in [-0.3, -0.25) is 9.89 Å². The van der Waals surface area contributed by atoms with Gasteiger partial charge in [-0.15, -0.1) is 11.3 Å². The summed E-state index contributed by atoms with van der Waals surface area (Å²) in [6.07, 6.45) is 1.96. The fraction of sp³-hybridized carbons (Fsp3) is 0.533. The quantitative estimate of drug-likeness (QED) is 0.908. The molecule has 0 bridgehead atoms. The van der Waals surface area contributed by atoms with Crippen LogP contribution in [0.1, 0.15) is 40.1 Å². The molecular formula is C15H18N4O3S. The molecule has 122 valence electrons. The van der Waals surface area contributed by atoms with E-state index in [4.69, 9.17) is 9.47 Å². The van der Waals surface area contributed by atoms with Crippen LogP contribution in [0.15, 0.2) is 5.38 Å². The van der Waals surface area contributed by atoms with Crippen molar-refractivity contribution >= 4 is 17.2 Å². The third kappa shape index (κ3) is 2.67. The summed E-state index contributed by atoms with van der Waals surface area (Å²) in [5.41, 5.74) is 0. The van der Waals surface area contributed by atoms with Crippen LogP contribution in [0.4, 0.5) is 0 Å². The molecule has 0 unspecified atom stereocenters. The van der Waals surface area contributed by atoms with Crippen LogP contribution in [-0.4, -0.2) is 52.3 Å². The summed E-state index contributed by atoms with van der Waals surface area (Å²) in [5.74, 6) is 3.09. The lowest BCUT2D eigenvalue weighted by molar-refractivity contribution is 0.0701. The van der Waals surface area contributed by atoms with E-state index in [0.717, 1.165) is 31.0 Å². The van der Waals surface area contributed by atoms with Gasteiger partial charge in [0.25, 0.3) is 5.91 Å². The molecule has 0 aliphatic carbocycles. The minimum Gasteiger partial charge on any atom is -0.485 e. The smallest absolute Gasteiger partial charge is 0.267 e. The molecule has 2 aromatic heterocycles. The number of ether oxygens (including phenoxy) is 2. The Balaban J connectivity index is 1.53. The van der Waals surface area contributed by atoms with Crippen LogP contribution >= 0.6 is 11.3 Å². The van der Waals surface area contributed by atoms with E-state index in [1.165, 1.54) is 11.3 Å². The Kier molecular flexibility index (Phi) is 3.68. The second kappa shape index (κ2) is 5.84. The zero-order valence-electron chi connectivity index (χ0n) is 12.9. The van der Waals surface area contributed by atoms with Gasteiger partial charge in [-0.05, 0) is 19.8 Å². The molecule has 2 aliphatic rings. The highest BCUT2D eigenvalue weighted by molar-refractivity contribution is 7.12. The minimum absolute atomic E-state index is 0.0127. The number of rotatable bonds is 2. The number of likely N-dealkylation sites (tertiary alicyclic amines) is 1. The maximum atomic E-state index is 12.9. The minimum atomic E-state index is 0.0127. The van der Waals surface area contributed by atoms with E-state index < -0.39 is 0 Å². The first-order valence-corrected chi connectivity index (χ1v) is 8.65. The molecule has 1 amide bonds. The molecular weight excluding hydrogens is 316 g/mol. The van der Waals surface area contributed by atoms with Gasteiger partial charge in [-0.25, -0.2) is 4.98 Å². The van der Waals surface area contributed by atoms with Crippen LogP contribution in [0.25, 0.3) is 0 Å². The van der Waals surface area contributed by atoms with Crippen molar-refractivity contribution in [1.29, 1.82) is 0 Å². The third-order valence-corrected chi connectivity index (χ3v) is 5.11. The van der Waals surface area contributed by atoms with Gasteiger partial charge in [-0.2, -0.15) is 5.10 Å².